The molecule has 67 heavy (non-hydrogen) atoms. The average molecular weight is 880 g/mol. The lowest BCUT2D eigenvalue weighted by molar-refractivity contribution is 0.660. The number of hydrogen-bond donors (Lipinski definition) is 0. The van der Waals surface area contributed by atoms with Gasteiger partial charge in [-0.15, -0.1) is 0 Å². The van der Waals surface area contributed by atoms with Crippen molar-refractivity contribution in [3.8, 4) is 22.3 Å². The summed E-state index contributed by atoms with van der Waals surface area (Å²) in [5, 5.41) is 0. The summed E-state index contributed by atoms with van der Waals surface area (Å²) in [4.78, 5) is 4.80. The van der Waals surface area contributed by atoms with Crippen LogP contribution in [-0.2, 0) is 10.8 Å². The van der Waals surface area contributed by atoms with Crippen LogP contribution in [0, 0.1) is 34.6 Å². The standard InChI is InChI=1S/C24H23N.C16H16.C16H18.C8H10.C2H6/c1-17-11-8-9-15-22(17)24-18(2)12-10-16-23(24)20(4)25-19(3)21-13-6-5-7-14-21;1-11-7-6-10-14-15(11)12-8-4-5-9-13(12)16(14,2)3;1-12-8-7-11-16(3,4)15-10-6-5-9-14(15)13(12)2;1-7-4-3-5-8(2)6-7;1-2/h5-16H,3H2,1-2,4H3;4-10H,1-3H3;5-11H,2H2,1,3-4H3;3-6H,1-2H3;1-2H3/b;;11-7-,12-8-;;. The van der Waals surface area contributed by atoms with Crippen molar-refractivity contribution in [1.82, 2.24) is 0 Å². The van der Waals surface area contributed by atoms with Gasteiger partial charge in [-0.1, -0.05) is 248 Å². The van der Waals surface area contributed by atoms with Gasteiger partial charge in [-0.05, 0) is 126 Å². The van der Waals surface area contributed by atoms with Gasteiger partial charge in [0.05, 0.1) is 5.70 Å². The summed E-state index contributed by atoms with van der Waals surface area (Å²) in [6.45, 7) is 36.4. The van der Waals surface area contributed by atoms with Gasteiger partial charge in [0.2, 0.25) is 0 Å². The van der Waals surface area contributed by atoms with Crippen LogP contribution in [-0.4, -0.2) is 5.71 Å². The van der Waals surface area contributed by atoms with Gasteiger partial charge < -0.3 is 0 Å². The molecule has 7 aromatic rings. The molecule has 0 N–H and O–H groups in total. The van der Waals surface area contributed by atoms with E-state index in [1.807, 2.05) is 44.2 Å². The van der Waals surface area contributed by atoms with E-state index in [2.05, 4.69) is 241 Å². The predicted molar refractivity (Wildman–Crippen MR) is 296 cm³/mol. The van der Waals surface area contributed by atoms with Crippen molar-refractivity contribution >= 4 is 17.0 Å². The van der Waals surface area contributed by atoms with E-state index in [-0.39, 0.29) is 10.8 Å². The Morgan fingerprint density at radius 1 is 0.493 bits per heavy atom. The highest BCUT2D eigenvalue weighted by molar-refractivity contribution is 6.07. The van der Waals surface area contributed by atoms with Gasteiger partial charge in [-0.2, -0.15) is 0 Å². The number of fused-ring (bicyclic) bond motifs is 4. The van der Waals surface area contributed by atoms with Crippen molar-refractivity contribution in [2.24, 2.45) is 4.99 Å². The fourth-order valence-corrected chi connectivity index (χ4v) is 9.03. The Balaban J connectivity index is 0.000000175. The molecule has 0 atom stereocenters. The Kier molecular flexibility index (Phi) is 17.6. The normalized spacial score (nSPS) is 14.9. The first kappa shape index (κ1) is 51.2. The molecule has 0 bridgehead atoms. The Morgan fingerprint density at radius 3 is 1.60 bits per heavy atom. The Hall–Kier alpha value is -6.83. The van der Waals surface area contributed by atoms with E-state index in [0.29, 0.717) is 0 Å². The minimum atomic E-state index is 0.0662. The zero-order valence-electron chi connectivity index (χ0n) is 42.7. The van der Waals surface area contributed by atoms with Crippen LogP contribution in [0.1, 0.15) is 117 Å². The molecule has 1 nitrogen and oxygen atoms in total. The molecule has 0 saturated carbocycles. The number of aryl methyl sites for hydroxylation is 5. The van der Waals surface area contributed by atoms with E-state index in [4.69, 9.17) is 4.99 Å². The number of nitrogens with zero attached hydrogens (tertiary/aromatic N) is 1. The third kappa shape index (κ3) is 12.3. The first-order valence-corrected chi connectivity index (χ1v) is 23.9. The van der Waals surface area contributed by atoms with Gasteiger partial charge in [-0.3, -0.25) is 4.99 Å². The summed E-state index contributed by atoms with van der Waals surface area (Å²) in [6, 6.07) is 57.4. The van der Waals surface area contributed by atoms with Crippen LogP contribution in [0.2, 0.25) is 0 Å². The molecule has 342 valence electrons. The van der Waals surface area contributed by atoms with Crippen LogP contribution >= 0.6 is 0 Å². The highest BCUT2D eigenvalue weighted by Gasteiger charge is 2.35. The monoisotopic (exact) mass is 880 g/mol. The molecule has 1 heteroatoms. The molecule has 2 aliphatic rings. The van der Waals surface area contributed by atoms with Crippen LogP contribution in [0.4, 0.5) is 0 Å². The zero-order valence-corrected chi connectivity index (χ0v) is 42.7. The molecule has 0 saturated heterocycles. The first-order valence-electron chi connectivity index (χ1n) is 23.9. The number of aliphatic imine (C=N–C) groups is 1. The predicted octanol–water partition coefficient (Wildman–Crippen LogP) is 18.6. The molecule has 0 radical (unpaired) electrons. The van der Waals surface area contributed by atoms with Crippen molar-refractivity contribution in [3.63, 3.8) is 0 Å². The quantitative estimate of drug-likeness (QED) is 0.156. The molecular weight excluding hydrogens is 807 g/mol. The van der Waals surface area contributed by atoms with Gasteiger partial charge >= 0.3 is 0 Å². The smallest absolute Gasteiger partial charge is 0.0633 e. The topological polar surface area (TPSA) is 12.4 Å². The lowest BCUT2D eigenvalue weighted by Crippen LogP contribution is -2.16. The molecule has 0 fully saturated rings. The number of benzene rings is 7. The first-order chi connectivity index (χ1) is 32.0. The average Bonchev–Trinajstić information content (AvgIpc) is 3.56. The highest BCUT2D eigenvalue weighted by Crippen LogP contribution is 2.49. The van der Waals surface area contributed by atoms with Crippen LogP contribution in [0.3, 0.4) is 0 Å². The minimum Gasteiger partial charge on any atom is -0.253 e. The molecule has 0 spiro atoms. The molecule has 0 amide bonds. The van der Waals surface area contributed by atoms with Crippen molar-refractivity contribution in [3.05, 3.63) is 262 Å². The van der Waals surface area contributed by atoms with E-state index in [9.17, 15) is 0 Å². The van der Waals surface area contributed by atoms with E-state index in [0.717, 1.165) is 28.1 Å². The fraction of sp³-hybridized carbons (Fsp3) is 0.227. The second-order valence-corrected chi connectivity index (χ2v) is 18.6. The van der Waals surface area contributed by atoms with Crippen molar-refractivity contribution < 1.29 is 0 Å². The summed E-state index contributed by atoms with van der Waals surface area (Å²) < 4.78 is 0. The summed E-state index contributed by atoms with van der Waals surface area (Å²) in [7, 11) is 0. The summed E-state index contributed by atoms with van der Waals surface area (Å²) in [6.07, 6.45) is 6.53. The third-order valence-electron chi connectivity index (χ3n) is 12.8. The van der Waals surface area contributed by atoms with Gasteiger partial charge in [0, 0.05) is 22.1 Å². The molecule has 0 heterocycles. The zero-order chi connectivity index (χ0) is 48.9. The molecule has 0 unspecified atom stereocenters. The highest BCUT2D eigenvalue weighted by atomic mass is 14.8. The Bertz CT molecular complexity index is 2890. The van der Waals surface area contributed by atoms with E-state index >= 15 is 0 Å². The second kappa shape index (κ2) is 23.1. The minimum absolute atomic E-state index is 0.0662. The van der Waals surface area contributed by atoms with E-state index in [1.54, 1.807) is 0 Å². The number of hydrogen-bond acceptors (Lipinski definition) is 1. The van der Waals surface area contributed by atoms with Gasteiger partial charge in [-0.25, -0.2) is 0 Å². The van der Waals surface area contributed by atoms with Crippen LogP contribution in [0.25, 0.3) is 33.5 Å². The summed E-state index contributed by atoms with van der Waals surface area (Å²) >= 11 is 0. The third-order valence-corrected chi connectivity index (χ3v) is 12.8. The Morgan fingerprint density at radius 2 is 0.985 bits per heavy atom. The van der Waals surface area contributed by atoms with Gasteiger partial charge in [0.1, 0.15) is 0 Å². The maximum Gasteiger partial charge on any atom is 0.0633 e. The van der Waals surface area contributed by atoms with Crippen molar-refractivity contribution in [2.75, 3.05) is 0 Å². The molecule has 0 aromatic heterocycles. The van der Waals surface area contributed by atoms with Crippen LogP contribution in [0.5, 0.6) is 0 Å². The molecule has 0 aliphatic heterocycles. The second-order valence-electron chi connectivity index (χ2n) is 18.6. The lowest BCUT2D eigenvalue weighted by Gasteiger charge is -2.26. The fourth-order valence-electron chi connectivity index (χ4n) is 9.03. The van der Waals surface area contributed by atoms with Crippen LogP contribution in [0.15, 0.2) is 206 Å². The molecule has 2 aliphatic carbocycles. The molecular formula is C66H73N. The van der Waals surface area contributed by atoms with E-state index in [1.165, 1.54) is 77.9 Å². The summed E-state index contributed by atoms with van der Waals surface area (Å²) in [5.41, 5.74) is 24.1. The van der Waals surface area contributed by atoms with Gasteiger partial charge in [0.25, 0.3) is 0 Å². The molecule has 7 aromatic carbocycles. The molecule has 9 rings (SSSR count). The maximum atomic E-state index is 4.80. The van der Waals surface area contributed by atoms with Crippen molar-refractivity contribution in [2.45, 2.75) is 101 Å². The maximum absolute atomic E-state index is 4.80. The number of allylic oxidation sites excluding steroid dienone is 5. The Labute approximate surface area is 405 Å². The largest absolute Gasteiger partial charge is 0.253 e. The van der Waals surface area contributed by atoms with Crippen LogP contribution < -0.4 is 0 Å². The van der Waals surface area contributed by atoms with Crippen molar-refractivity contribution in [1.29, 1.82) is 0 Å². The van der Waals surface area contributed by atoms with Gasteiger partial charge in [0.15, 0.2) is 0 Å². The SMILES string of the molecule is C=C(N=C(C)c1cccc(C)c1-c1ccccc1C)c1ccccc1.C=C1/C(C)=C\C=C/C(C)(C)c2ccccc21.CC.Cc1cccc(C)c1.Cc1cccc2c1-c1ccccc1C2(C)C. The summed E-state index contributed by atoms with van der Waals surface area (Å²) in [5.74, 6) is 0. The lowest BCUT2D eigenvalue weighted by atomic mass is 9.78. The number of rotatable bonds is 4. The van der Waals surface area contributed by atoms with E-state index < -0.39 is 0 Å².